The van der Waals surface area contributed by atoms with Crippen molar-refractivity contribution in [2.24, 2.45) is 0 Å². The molecule has 1 aromatic carbocycles. The minimum Gasteiger partial charge on any atom is -0.452 e. The number of esters is 1. The molecular formula is C14H12FNO3. The van der Waals surface area contributed by atoms with E-state index in [9.17, 15) is 14.0 Å². The highest BCUT2D eigenvalue weighted by Crippen LogP contribution is 2.05. The molecule has 0 aromatic heterocycles. The van der Waals surface area contributed by atoms with Crippen LogP contribution in [-0.4, -0.2) is 25.0 Å². The Kier molecular flexibility index (Phi) is 5.83. The summed E-state index contributed by atoms with van der Waals surface area (Å²) in [6.07, 6.45) is 7.45. The molecule has 1 N–H and O–H groups in total. The van der Waals surface area contributed by atoms with Gasteiger partial charge in [-0.05, 0) is 23.8 Å². The highest BCUT2D eigenvalue weighted by atomic mass is 19.1. The molecule has 4 nitrogen and oxygen atoms in total. The van der Waals surface area contributed by atoms with Gasteiger partial charge in [-0.3, -0.25) is 4.79 Å². The Morgan fingerprint density at radius 2 is 2.26 bits per heavy atom. The van der Waals surface area contributed by atoms with E-state index in [1.807, 2.05) is 0 Å². The summed E-state index contributed by atoms with van der Waals surface area (Å²) in [4.78, 5) is 22.3. The van der Waals surface area contributed by atoms with Crippen LogP contribution in [0.3, 0.4) is 0 Å². The number of nitrogens with one attached hydrogen (secondary N) is 1. The van der Waals surface area contributed by atoms with E-state index in [-0.39, 0.29) is 6.54 Å². The first-order valence-electron chi connectivity index (χ1n) is 5.42. The van der Waals surface area contributed by atoms with Crippen LogP contribution in [0.15, 0.2) is 30.3 Å². The molecule has 0 saturated heterocycles. The van der Waals surface area contributed by atoms with Crippen molar-refractivity contribution in [1.82, 2.24) is 5.32 Å². The molecule has 0 radical (unpaired) electrons. The lowest BCUT2D eigenvalue weighted by Crippen LogP contribution is -2.28. The Balaban J connectivity index is 2.39. The fourth-order valence-electron chi connectivity index (χ4n) is 1.16. The largest absolute Gasteiger partial charge is 0.452 e. The van der Waals surface area contributed by atoms with Crippen LogP contribution >= 0.6 is 0 Å². The van der Waals surface area contributed by atoms with Crippen molar-refractivity contribution in [1.29, 1.82) is 0 Å². The van der Waals surface area contributed by atoms with Gasteiger partial charge >= 0.3 is 5.97 Å². The van der Waals surface area contributed by atoms with Crippen LogP contribution in [0.25, 0.3) is 6.08 Å². The first kappa shape index (κ1) is 14.5. The summed E-state index contributed by atoms with van der Waals surface area (Å²) in [5.74, 6) is 0.642. The summed E-state index contributed by atoms with van der Waals surface area (Å²) in [5.41, 5.74) is 0.522. The third-order valence-electron chi connectivity index (χ3n) is 1.99. The molecule has 1 rings (SSSR count). The Bertz CT molecular complexity index is 532. The Morgan fingerprint density at radius 1 is 1.47 bits per heavy atom. The number of ether oxygens (including phenoxy) is 1. The number of rotatable bonds is 5. The number of terminal acetylenes is 1. The van der Waals surface area contributed by atoms with Gasteiger partial charge in [0.25, 0.3) is 5.91 Å². The van der Waals surface area contributed by atoms with Crippen molar-refractivity contribution in [2.45, 2.75) is 0 Å². The van der Waals surface area contributed by atoms with Crippen molar-refractivity contribution >= 4 is 18.0 Å². The van der Waals surface area contributed by atoms with E-state index in [0.717, 1.165) is 6.08 Å². The quantitative estimate of drug-likeness (QED) is 0.491. The van der Waals surface area contributed by atoms with E-state index in [1.165, 1.54) is 24.3 Å². The molecule has 0 heterocycles. The number of amides is 1. The van der Waals surface area contributed by atoms with Crippen LogP contribution in [0, 0.1) is 18.2 Å². The van der Waals surface area contributed by atoms with Crippen molar-refractivity contribution in [3.63, 3.8) is 0 Å². The maximum absolute atomic E-state index is 12.8. The first-order valence-corrected chi connectivity index (χ1v) is 5.42. The number of halogens is 1. The van der Waals surface area contributed by atoms with Crippen LogP contribution in [0.2, 0.25) is 0 Å². The SMILES string of the molecule is C#CCNC(=O)COC(=O)/C=C/c1cccc(F)c1. The van der Waals surface area contributed by atoms with Gasteiger partial charge in [0.15, 0.2) is 6.61 Å². The van der Waals surface area contributed by atoms with Crippen LogP contribution < -0.4 is 5.32 Å². The van der Waals surface area contributed by atoms with Gasteiger partial charge in [-0.25, -0.2) is 9.18 Å². The zero-order valence-corrected chi connectivity index (χ0v) is 10.1. The molecule has 0 atom stereocenters. The minimum atomic E-state index is -0.694. The van der Waals surface area contributed by atoms with E-state index >= 15 is 0 Å². The predicted octanol–water partition coefficient (Wildman–Crippen LogP) is 1.13. The van der Waals surface area contributed by atoms with Crippen LogP contribution in [0.1, 0.15) is 5.56 Å². The molecule has 0 aliphatic heterocycles. The first-order chi connectivity index (χ1) is 9.11. The maximum atomic E-state index is 12.8. The molecule has 98 valence electrons. The Labute approximate surface area is 110 Å². The minimum absolute atomic E-state index is 0.0789. The van der Waals surface area contributed by atoms with E-state index in [1.54, 1.807) is 6.07 Å². The van der Waals surface area contributed by atoms with E-state index < -0.39 is 24.3 Å². The fraction of sp³-hybridized carbons (Fsp3) is 0.143. The second-order valence-corrected chi connectivity index (χ2v) is 3.48. The number of hydrogen-bond acceptors (Lipinski definition) is 3. The summed E-state index contributed by atoms with van der Waals surface area (Å²) in [5, 5.41) is 2.34. The zero-order chi connectivity index (χ0) is 14.1. The van der Waals surface area contributed by atoms with Gasteiger partial charge in [-0.2, -0.15) is 0 Å². The van der Waals surface area contributed by atoms with Crippen molar-refractivity contribution in [3.8, 4) is 12.3 Å². The average molecular weight is 261 g/mol. The van der Waals surface area contributed by atoms with Gasteiger partial charge in [-0.15, -0.1) is 6.42 Å². The topological polar surface area (TPSA) is 55.4 Å². The maximum Gasteiger partial charge on any atom is 0.331 e. The van der Waals surface area contributed by atoms with E-state index in [2.05, 4.69) is 16.0 Å². The van der Waals surface area contributed by atoms with E-state index in [4.69, 9.17) is 6.42 Å². The van der Waals surface area contributed by atoms with Crippen LogP contribution in [0.4, 0.5) is 4.39 Å². The van der Waals surface area contributed by atoms with Gasteiger partial charge < -0.3 is 10.1 Å². The smallest absolute Gasteiger partial charge is 0.331 e. The summed E-state index contributed by atoms with van der Waals surface area (Å²) in [6, 6.07) is 5.72. The molecular weight excluding hydrogens is 249 g/mol. The molecule has 0 aliphatic carbocycles. The third-order valence-corrected chi connectivity index (χ3v) is 1.99. The van der Waals surface area contributed by atoms with Gasteiger partial charge in [0.2, 0.25) is 0 Å². The highest BCUT2D eigenvalue weighted by Gasteiger charge is 2.03. The zero-order valence-electron chi connectivity index (χ0n) is 10.1. The molecule has 0 saturated carbocycles. The van der Waals surface area contributed by atoms with Crippen molar-refractivity contribution in [3.05, 3.63) is 41.7 Å². The molecule has 0 unspecified atom stereocenters. The molecule has 1 amide bonds. The second kappa shape index (κ2) is 7.67. The second-order valence-electron chi connectivity index (χ2n) is 3.48. The lowest BCUT2D eigenvalue weighted by Gasteiger charge is -2.01. The average Bonchev–Trinajstić information content (AvgIpc) is 2.40. The van der Waals surface area contributed by atoms with E-state index in [0.29, 0.717) is 5.56 Å². The number of benzene rings is 1. The monoisotopic (exact) mass is 261 g/mol. The summed E-state index contributed by atoms with van der Waals surface area (Å²) >= 11 is 0. The summed E-state index contributed by atoms with van der Waals surface area (Å²) in [6.45, 7) is -0.330. The van der Waals surface area contributed by atoms with Gasteiger partial charge in [-0.1, -0.05) is 18.1 Å². The van der Waals surface area contributed by atoms with Crippen molar-refractivity contribution < 1.29 is 18.7 Å². The molecule has 0 spiro atoms. The Hall–Kier alpha value is -2.61. The normalized spacial score (nSPS) is 9.89. The van der Waals surface area contributed by atoms with Crippen LogP contribution in [-0.2, 0) is 14.3 Å². The van der Waals surface area contributed by atoms with Crippen molar-refractivity contribution in [2.75, 3.05) is 13.2 Å². The number of hydrogen-bond donors (Lipinski definition) is 1. The Morgan fingerprint density at radius 3 is 2.95 bits per heavy atom. The fourth-order valence-corrected chi connectivity index (χ4v) is 1.16. The molecule has 0 bridgehead atoms. The molecule has 0 fully saturated rings. The lowest BCUT2D eigenvalue weighted by atomic mass is 10.2. The third kappa shape index (κ3) is 6.03. The standard InChI is InChI=1S/C14H12FNO3/c1-2-8-16-13(17)10-19-14(18)7-6-11-4-3-5-12(15)9-11/h1,3-7,9H,8,10H2,(H,16,17)/b7-6+. The summed E-state index contributed by atoms with van der Waals surface area (Å²) < 4.78 is 17.5. The lowest BCUT2D eigenvalue weighted by molar-refractivity contribution is -0.143. The molecule has 5 heteroatoms. The van der Waals surface area contributed by atoms with Gasteiger partial charge in [0.05, 0.1) is 6.54 Å². The van der Waals surface area contributed by atoms with Crippen LogP contribution in [0.5, 0.6) is 0 Å². The predicted molar refractivity (Wildman–Crippen MR) is 68.2 cm³/mol. The number of carbonyl (C=O) groups is 2. The van der Waals surface area contributed by atoms with Gasteiger partial charge in [0.1, 0.15) is 5.82 Å². The molecule has 19 heavy (non-hydrogen) atoms. The highest BCUT2D eigenvalue weighted by molar-refractivity contribution is 5.89. The van der Waals surface area contributed by atoms with Gasteiger partial charge in [0, 0.05) is 6.08 Å². The molecule has 0 aliphatic rings. The summed E-state index contributed by atoms with van der Waals surface area (Å²) in [7, 11) is 0. The number of carbonyl (C=O) groups excluding carboxylic acids is 2. The molecule has 1 aromatic rings.